The number of nitrogens with one attached hydrogen (secondary N) is 1. The smallest absolute Gasteiger partial charge is 0.336 e. The van der Waals surface area contributed by atoms with Crippen molar-refractivity contribution in [2.45, 2.75) is 19.9 Å². The van der Waals surface area contributed by atoms with Crippen molar-refractivity contribution < 1.29 is 19.1 Å². The van der Waals surface area contributed by atoms with Crippen molar-refractivity contribution in [3.63, 3.8) is 0 Å². The van der Waals surface area contributed by atoms with E-state index < -0.39 is 18.0 Å². The van der Waals surface area contributed by atoms with Gasteiger partial charge in [0.2, 0.25) is 6.04 Å². The first-order chi connectivity index (χ1) is 6.17. The van der Waals surface area contributed by atoms with E-state index in [0.717, 1.165) is 0 Å². The monoisotopic (exact) mass is 190 g/mol. The van der Waals surface area contributed by atoms with Gasteiger partial charge in [0.15, 0.2) is 0 Å². The maximum Gasteiger partial charge on any atom is 0.336 e. The van der Waals surface area contributed by atoms with Crippen molar-refractivity contribution in [1.29, 1.82) is 0 Å². The maximum absolute atomic E-state index is 11.0. The number of nitrogens with two attached hydrogens (primary N) is 1. The fourth-order valence-electron chi connectivity index (χ4n) is 0.683. The number of hydrazine groups is 1. The molecule has 0 atom stereocenters. The van der Waals surface area contributed by atoms with E-state index in [1.807, 2.05) is 5.43 Å². The Balaban J connectivity index is 4.15. The van der Waals surface area contributed by atoms with Crippen LogP contribution in [0.5, 0.6) is 0 Å². The molecule has 0 fully saturated rings. The van der Waals surface area contributed by atoms with E-state index in [2.05, 4.69) is 9.47 Å². The first kappa shape index (κ1) is 11.9. The zero-order chi connectivity index (χ0) is 10.3. The van der Waals surface area contributed by atoms with Crippen LogP contribution in [0.25, 0.3) is 0 Å². The standard InChI is InChI=1S/C7H14N2O4/c1-3-12-6(10)5(9-8)7(11)13-4-2/h5,9H,3-4,8H2,1-2H3. The molecule has 0 spiro atoms. The zero-order valence-electron chi connectivity index (χ0n) is 7.70. The fourth-order valence-corrected chi connectivity index (χ4v) is 0.683. The van der Waals surface area contributed by atoms with Gasteiger partial charge in [-0.3, -0.25) is 5.84 Å². The molecular weight excluding hydrogens is 176 g/mol. The van der Waals surface area contributed by atoms with Gasteiger partial charge in [0, 0.05) is 0 Å². The van der Waals surface area contributed by atoms with E-state index in [1.165, 1.54) is 0 Å². The number of carbonyl (C=O) groups is 2. The van der Waals surface area contributed by atoms with E-state index in [4.69, 9.17) is 5.84 Å². The first-order valence-electron chi connectivity index (χ1n) is 3.96. The first-order valence-corrected chi connectivity index (χ1v) is 3.96. The van der Waals surface area contributed by atoms with Gasteiger partial charge in [0.25, 0.3) is 0 Å². The minimum atomic E-state index is -1.24. The molecule has 0 bridgehead atoms. The lowest BCUT2D eigenvalue weighted by atomic mass is 10.3. The average Bonchev–Trinajstić information content (AvgIpc) is 2.06. The Kier molecular flexibility index (Phi) is 5.82. The van der Waals surface area contributed by atoms with Crippen LogP contribution in [-0.4, -0.2) is 31.2 Å². The number of esters is 2. The van der Waals surface area contributed by atoms with Crippen molar-refractivity contribution in [3.8, 4) is 0 Å². The Morgan fingerprint density at radius 2 is 1.62 bits per heavy atom. The second kappa shape index (κ2) is 6.38. The highest BCUT2D eigenvalue weighted by molar-refractivity contribution is 5.99. The Morgan fingerprint density at radius 1 is 1.23 bits per heavy atom. The Hall–Kier alpha value is -1.14. The predicted octanol–water partition coefficient (Wildman–Crippen LogP) is -1.06. The lowest BCUT2D eigenvalue weighted by Gasteiger charge is -2.12. The molecule has 13 heavy (non-hydrogen) atoms. The van der Waals surface area contributed by atoms with Gasteiger partial charge in [0.05, 0.1) is 13.2 Å². The molecule has 0 aromatic rings. The van der Waals surface area contributed by atoms with E-state index in [1.54, 1.807) is 13.8 Å². The molecule has 0 aliphatic carbocycles. The summed E-state index contributed by atoms with van der Waals surface area (Å²) in [6.07, 6.45) is 0. The van der Waals surface area contributed by atoms with Crippen molar-refractivity contribution in [2.24, 2.45) is 5.84 Å². The highest BCUT2D eigenvalue weighted by atomic mass is 16.6. The summed E-state index contributed by atoms with van der Waals surface area (Å²) >= 11 is 0. The third-order valence-electron chi connectivity index (χ3n) is 1.21. The van der Waals surface area contributed by atoms with Crippen LogP contribution in [0.3, 0.4) is 0 Å². The minimum absolute atomic E-state index is 0.191. The second-order valence-electron chi connectivity index (χ2n) is 2.10. The summed E-state index contributed by atoms with van der Waals surface area (Å²) in [5, 5.41) is 0. The van der Waals surface area contributed by atoms with Gasteiger partial charge >= 0.3 is 11.9 Å². The summed E-state index contributed by atoms with van der Waals surface area (Å²) in [7, 11) is 0. The second-order valence-corrected chi connectivity index (χ2v) is 2.10. The molecular formula is C7H14N2O4. The topological polar surface area (TPSA) is 90.6 Å². The molecule has 0 aromatic heterocycles. The fraction of sp³-hybridized carbons (Fsp3) is 0.714. The molecule has 76 valence electrons. The van der Waals surface area contributed by atoms with Gasteiger partial charge in [-0.05, 0) is 13.8 Å². The highest BCUT2D eigenvalue weighted by Gasteiger charge is 2.27. The van der Waals surface area contributed by atoms with Crippen LogP contribution in [-0.2, 0) is 19.1 Å². The molecule has 0 unspecified atom stereocenters. The number of carbonyl (C=O) groups excluding carboxylic acids is 2. The molecule has 0 amide bonds. The summed E-state index contributed by atoms with van der Waals surface area (Å²) in [5.74, 6) is 3.52. The van der Waals surface area contributed by atoms with Crippen molar-refractivity contribution >= 4 is 11.9 Å². The number of hydrogen-bond acceptors (Lipinski definition) is 6. The Bertz CT molecular complexity index is 165. The average molecular weight is 190 g/mol. The number of rotatable bonds is 5. The SMILES string of the molecule is CCOC(=O)C(NN)C(=O)OCC. The Morgan fingerprint density at radius 3 is 1.85 bits per heavy atom. The summed E-state index contributed by atoms with van der Waals surface area (Å²) in [6.45, 7) is 3.65. The van der Waals surface area contributed by atoms with Gasteiger partial charge < -0.3 is 9.47 Å². The van der Waals surface area contributed by atoms with Crippen LogP contribution in [0.1, 0.15) is 13.8 Å². The van der Waals surface area contributed by atoms with Crippen molar-refractivity contribution in [3.05, 3.63) is 0 Å². The quantitative estimate of drug-likeness (QED) is 0.249. The summed E-state index contributed by atoms with van der Waals surface area (Å²) in [6, 6.07) is -1.24. The van der Waals surface area contributed by atoms with E-state index in [0.29, 0.717) is 0 Å². The van der Waals surface area contributed by atoms with Gasteiger partial charge in [-0.2, -0.15) is 0 Å². The molecule has 6 heteroatoms. The third kappa shape index (κ3) is 3.86. The van der Waals surface area contributed by atoms with E-state index in [9.17, 15) is 9.59 Å². The maximum atomic E-state index is 11.0. The van der Waals surface area contributed by atoms with Gasteiger partial charge in [-0.25, -0.2) is 15.0 Å². The lowest BCUT2D eigenvalue weighted by Crippen LogP contribution is -2.48. The molecule has 0 aliphatic rings. The normalized spacial score (nSPS) is 9.85. The molecule has 0 aromatic carbocycles. The Labute approximate surface area is 76.3 Å². The minimum Gasteiger partial charge on any atom is -0.464 e. The van der Waals surface area contributed by atoms with E-state index >= 15 is 0 Å². The van der Waals surface area contributed by atoms with Crippen molar-refractivity contribution in [2.75, 3.05) is 13.2 Å². The molecule has 0 heterocycles. The van der Waals surface area contributed by atoms with E-state index in [-0.39, 0.29) is 13.2 Å². The molecule has 6 nitrogen and oxygen atoms in total. The van der Waals surface area contributed by atoms with Crippen LogP contribution in [0.2, 0.25) is 0 Å². The molecule has 0 saturated carbocycles. The largest absolute Gasteiger partial charge is 0.464 e. The molecule has 0 radical (unpaired) electrons. The summed E-state index contributed by atoms with van der Waals surface area (Å²) < 4.78 is 9.16. The summed E-state index contributed by atoms with van der Waals surface area (Å²) in [4.78, 5) is 22.1. The third-order valence-corrected chi connectivity index (χ3v) is 1.21. The van der Waals surface area contributed by atoms with Crippen LogP contribution >= 0.6 is 0 Å². The van der Waals surface area contributed by atoms with Gasteiger partial charge in [-0.15, -0.1) is 0 Å². The molecule has 0 aliphatic heterocycles. The molecule has 3 N–H and O–H groups in total. The predicted molar refractivity (Wildman–Crippen MR) is 44.4 cm³/mol. The molecule has 0 rings (SSSR count). The van der Waals surface area contributed by atoms with Crippen LogP contribution in [0, 0.1) is 0 Å². The highest BCUT2D eigenvalue weighted by Crippen LogP contribution is 1.92. The zero-order valence-corrected chi connectivity index (χ0v) is 7.70. The number of hydrogen-bond donors (Lipinski definition) is 2. The van der Waals surface area contributed by atoms with Gasteiger partial charge in [-0.1, -0.05) is 0 Å². The van der Waals surface area contributed by atoms with Crippen LogP contribution in [0.4, 0.5) is 0 Å². The van der Waals surface area contributed by atoms with Crippen LogP contribution in [0.15, 0.2) is 0 Å². The number of ether oxygens (including phenoxy) is 2. The van der Waals surface area contributed by atoms with Gasteiger partial charge in [0.1, 0.15) is 0 Å². The molecule has 0 saturated heterocycles. The van der Waals surface area contributed by atoms with Crippen molar-refractivity contribution in [1.82, 2.24) is 5.43 Å². The lowest BCUT2D eigenvalue weighted by molar-refractivity contribution is -0.157. The summed E-state index contributed by atoms with van der Waals surface area (Å²) in [5.41, 5.74) is 2.02. The van der Waals surface area contributed by atoms with Crippen LogP contribution < -0.4 is 11.3 Å².